The van der Waals surface area contributed by atoms with E-state index >= 15 is 0 Å². The van der Waals surface area contributed by atoms with Gasteiger partial charge in [-0.1, -0.05) is 11.6 Å². The van der Waals surface area contributed by atoms with Crippen LogP contribution in [0.2, 0.25) is 5.02 Å². The number of fused-ring (bicyclic) bond motifs is 1. The van der Waals surface area contributed by atoms with Crippen molar-refractivity contribution in [3.63, 3.8) is 0 Å². The first-order chi connectivity index (χ1) is 12.5. The second-order valence-electron chi connectivity index (χ2n) is 5.53. The number of hydrogen-bond acceptors (Lipinski definition) is 5. The molecule has 2 N–H and O–H groups in total. The molecule has 2 heterocycles. The Bertz CT molecular complexity index is 1150. The second-order valence-corrected chi connectivity index (χ2v) is 5.91. The third kappa shape index (κ3) is 2.68. The first kappa shape index (κ1) is 16.2. The van der Waals surface area contributed by atoms with Gasteiger partial charge in [-0.3, -0.25) is 14.9 Å². The smallest absolute Gasteiger partial charge is 0.197 e. The number of aromatic amines is 1. The van der Waals surface area contributed by atoms with Gasteiger partial charge in [0.25, 0.3) is 0 Å². The molecule has 0 aliphatic carbocycles. The number of nitrogens with one attached hydrogen (secondary N) is 1. The summed E-state index contributed by atoms with van der Waals surface area (Å²) in [5.41, 5.74) is 2.17. The van der Waals surface area contributed by atoms with Crippen LogP contribution in [0, 0.1) is 5.82 Å². The highest BCUT2D eigenvalue weighted by Crippen LogP contribution is 2.31. The van der Waals surface area contributed by atoms with Gasteiger partial charge < -0.3 is 5.11 Å². The maximum absolute atomic E-state index is 14.1. The van der Waals surface area contributed by atoms with E-state index in [-0.39, 0.29) is 21.9 Å². The number of H-pyrrole nitrogens is 1. The summed E-state index contributed by atoms with van der Waals surface area (Å²) >= 11 is 5.91. The Morgan fingerprint density at radius 2 is 2.00 bits per heavy atom. The van der Waals surface area contributed by atoms with Crippen LogP contribution in [0.4, 0.5) is 4.39 Å². The van der Waals surface area contributed by atoms with Gasteiger partial charge in [0.1, 0.15) is 11.6 Å². The average Bonchev–Trinajstić information content (AvgIpc) is 3.19. The molecular weight excluding hydrogens is 359 g/mol. The topological polar surface area (TPSA) is 91.8 Å². The summed E-state index contributed by atoms with van der Waals surface area (Å²) < 4.78 is 14.1. The standard InChI is InChI=1S/C18H10ClFN4O2/c19-17-15(25)4-2-11(20)16(17)18(26)9-1-3-12-13(5-9)24-14(8-21-12)10-6-22-23-7-10/h1-8,25H,(H,22,23). The van der Waals surface area contributed by atoms with Gasteiger partial charge in [-0.15, -0.1) is 0 Å². The number of phenols is 1. The highest BCUT2D eigenvalue weighted by molar-refractivity contribution is 6.36. The van der Waals surface area contributed by atoms with Gasteiger partial charge in [-0.2, -0.15) is 5.10 Å². The maximum Gasteiger partial charge on any atom is 0.197 e. The molecule has 0 bridgehead atoms. The molecule has 0 aliphatic rings. The molecule has 2 aromatic carbocycles. The van der Waals surface area contributed by atoms with Crippen LogP contribution in [-0.4, -0.2) is 31.1 Å². The minimum absolute atomic E-state index is 0.183. The number of aromatic hydroxyl groups is 1. The lowest BCUT2D eigenvalue weighted by molar-refractivity contribution is 0.103. The number of carbonyl (C=O) groups is 1. The monoisotopic (exact) mass is 368 g/mol. The quantitative estimate of drug-likeness (QED) is 0.537. The van der Waals surface area contributed by atoms with E-state index in [2.05, 4.69) is 20.2 Å². The van der Waals surface area contributed by atoms with E-state index in [1.165, 1.54) is 12.1 Å². The van der Waals surface area contributed by atoms with Gasteiger partial charge in [0, 0.05) is 17.3 Å². The lowest BCUT2D eigenvalue weighted by Crippen LogP contribution is -2.06. The molecule has 4 rings (SSSR count). The number of benzene rings is 2. The summed E-state index contributed by atoms with van der Waals surface area (Å²) in [4.78, 5) is 21.5. The molecule has 128 valence electrons. The van der Waals surface area contributed by atoms with Gasteiger partial charge in [-0.25, -0.2) is 9.37 Å². The predicted octanol–water partition coefficient (Wildman–Crippen LogP) is 3.75. The van der Waals surface area contributed by atoms with Crippen molar-refractivity contribution < 1.29 is 14.3 Å². The Morgan fingerprint density at radius 3 is 2.77 bits per heavy atom. The van der Waals surface area contributed by atoms with E-state index in [0.29, 0.717) is 16.7 Å². The largest absolute Gasteiger partial charge is 0.506 e. The van der Waals surface area contributed by atoms with Crippen molar-refractivity contribution in [2.45, 2.75) is 0 Å². The molecule has 0 atom stereocenters. The van der Waals surface area contributed by atoms with Crippen LogP contribution in [0.3, 0.4) is 0 Å². The average molecular weight is 369 g/mol. The fraction of sp³-hybridized carbons (Fsp3) is 0. The molecule has 0 radical (unpaired) electrons. The highest BCUT2D eigenvalue weighted by Gasteiger charge is 2.21. The summed E-state index contributed by atoms with van der Waals surface area (Å²) in [6.45, 7) is 0. The van der Waals surface area contributed by atoms with E-state index < -0.39 is 11.6 Å². The lowest BCUT2D eigenvalue weighted by atomic mass is 10.0. The molecule has 26 heavy (non-hydrogen) atoms. The number of phenolic OH excluding ortho intramolecular Hbond substituents is 1. The van der Waals surface area contributed by atoms with Crippen LogP contribution in [-0.2, 0) is 0 Å². The fourth-order valence-corrected chi connectivity index (χ4v) is 2.82. The predicted molar refractivity (Wildman–Crippen MR) is 93.6 cm³/mol. The Labute approximate surface area is 151 Å². The van der Waals surface area contributed by atoms with Gasteiger partial charge >= 0.3 is 0 Å². The van der Waals surface area contributed by atoms with E-state index in [1.54, 1.807) is 24.7 Å². The molecule has 4 aromatic rings. The first-order valence-corrected chi connectivity index (χ1v) is 7.90. The van der Waals surface area contributed by atoms with E-state index in [9.17, 15) is 14.3 Å². The lowest BCUT2D eigenvalue weighted by Gasteiger charge is -2.08. The van der Waals surface area contributed by atoms with Crippen LogP contribution < -0.4 is 0 Å². The number of aromatic nitrogens is 4. The fourth-order valence-electron chi connectivity index (χ4n) is 2.58. The van der Waals surface area contributed by atoms with Crippen LogP contribution in [0.15, 0.2) is 48.9 Å². The number of hydrogen-bond donors (Lipinski definition) is 2. The summed E-state index contributed by atoms with van der Waals surface area (Å²) in [6, 6.07) is 6.72. The number of halogens is 2. The van der Waals surface area contributed by atoms with E-state index in [4.69, 9.17) is 11.6 Å². The molecule has 0 fully saturated rings. The molecule has 6 nitrogen and oxygen atoms in total. The second kappa shape index (κ2) is 6.20. The Hall–Kier alpha value is -3.32. The SMILES string of the molecule is O=C(c1ccc2ncc(-c3cn[nH]c3)nc2c1)c1c(F)ccc(O)c1Cl. The third-order valence-electron chi connectivity index (χ3n) is 3.90. The zero-order valence-electron chi connectivity index (χ0n) is 13.1. The molecule has 0 unspecified atom stereocenters. The summed E-state index contributed by atoms with van der Waals surface area (Å²) in [7, 11) is 0. The Kier molecular flexibility index (Phi) is 3.85. The van der Waals surface area contributed by atoms with Crippen molar-refractivity contribution in [1.82, 2.24) is 20.2 Å². The molecular formula is C18H10ClFN4O2. The van der Waals surface area contributed by atoms with Crippen molar-refractivity contribution >= 4 is 28.4 Å². The molecule has 0 aliphatic heterocycles. The Balaban J connectivity index is 1.82. The summed E-state index contributed by atoms with van der Waals surface area (Å²) in [5, 5.41) is 15.9. The number of nitrogens with zero attached hydrogens (tertiary/aromatic N) is 3. The van der Waals surface area contributed by atoms with Gasteiger partial charge in [0.2, 0.25) is 0 Å². The minimum atomic E-state index is -0.809. The van der Waals surface area contributed by atoms with Crippen molar-refractivity contribution in [3.8, 4) is 17.0 Å². The summed E-state index contributed by atoms with van der Waals surface area (Å²) in [6.07, 6.45) is 4.87. The third-order valence-corrected chi connectivity index (χ3v) is 4.28. The number of ketones is 1. The molecule has 8 heteroatoms. The maximum atomic E-state index is 14.1. The number of rotatable bonds is 3. The van der Waals surface area contributed by atoms with Crippen LogP contribution in [0.5, 0.6) is 5.75 Å². The zero-order valence-corrected chi connectivity index (χ0v) is 13.8. The van der Waals surface area contributed by atoms with Crippen molar-refractivity contribution in [2.24, 2.45) is 0 Å². The number of carbonyl (C=O) groups excluding carboxylic acids is 1. The van der Waals surface area contributed by atoms with Gasteiger partial charge in [0.05, 0.1) is 39.7 Å². The van der Waals surface area contributed by atoms with Crippen LogP contribution in [0.1, 0.15) is 15.9 Å². The molecule has 0 spiro atoms. The minimum Gasteiger partial charge on any atom is -0.506 e. The van der Waals surface area contributed by atoms with Gasteiger partial charge in [-0.05, 0) is 30.3 Å². The van der Waals surface area contributed by atoms with E-state index in [1.807, 2.05) is 0 Å². The van der Waals surface area contributed by atoms with Gasteiger partial charge in [0.15, 0.2) is 5.78 Å². The van der Waals surface area contributed by atoms with Crippen molar-refractivity contribution in [3.05, 3.63) is 70.9 Å². The van der Waals surface area contributed by atoms with E-state index in [0.717, 1.165) is 17.7 Å². The van der Waals surface area contributed by atoms with Crippen LogP contribution >= 0.6 is 11.6 Å². The molecule has 0 saturated carbocycles. The highest BCUT2D eigenvalue weighted by atomic mass is 35.5. The first-order valence-electron chi connectivity index (χ1n) is 7.52. The molecule has 0 amide bonds. The normalized spacial score (nSPS) is 11.0. The Morgan fingerprint density at radius 1 is 1.15 bits per heavy atom. The molecule has 2 aromatic heterocycles. The zero-order chi connectivity index (χ0) is 18.3. The molecule has 0 saturated heterocycles. The van der Waals surface area contributed by atoms with Crippen molar-refractivity contribution in [1.29, 1.82) is 0 Å². The van der Waals surface area contributed by atoms with Crippen molar-refractivity contribution in [2.75, 3.05) is 0 Å². The van der Waals surface area contributed by atoms with Crippen LogP contribution in [0.25, 0.3) is 22.3 Å². The summed E-state index contributed by atoms with van der Waals surface area (Å²) in [5.74, 6) is -1.82.